The quantitative estimate of drug-likeness (QED) is 0.690. The van der Waals surface area contributed by atoms with Gasteiger partial charge in [-0.25, -0.2) is 9.38 Å². The third-order valence-electron chi connectivity index (χ3n) is 5.56. The minimum Gasteiger partial charge on any atom is -0.353 e. The van der Waals surface area contributed by atoms with E-state index in [-0.39, 0.29) is 5.82 Å². The summed E-state index contributed by atoms with van der Waals surface area (Å²) in [7, 11) is 4.08. The van der Waals surface area contributed by atoms with E-state index in [0.717, 1.165) is 60.3 Å². The summed E-state index contributed by atoms with van der Waals surface area (Å²) in [6.07, 6.45) is 0. The van der Waals surface area contributed by atoms with Crippen molar-refractivity contribution < 1.29 is 4.39 Å². The molecule has 0 radical (unpaired) electrons. The number of piperazine rings is 1. The average Bonchev–Trinajstić information content (AvgIpc) is 2.96. The van der Waals surface area contributed by atoms with E-state index in [2.05, 4.69) is 34.3 Å². The lowest BCUT2D eigenvalue weighted by molar-refractivity contribution is 0.216. The number of aromatic nitrogens is 2. The van der Waals surface area contributed by atoms with Gasteiger partial charge in [-0.3, -0.25) is 4.68 Å². The Morgan fingerprint density at radius 3 is 2.48 bits per heavy atom. The first-order chi connectivity index (χ1) is 14.1. The smallest absolute Gasteiger partial charge is 0.164 e. The standard InChI is InChI=1S/C22H23FN6/c1-27-10-12-29(13-11-27)22-19-20(15-6-4-3-5-7-15)28(2)26-21(19)24-17-9-8-16(23)14-18(17)25-22/h3-9,14H,10-13H2,1-2H3,(H,24,26). The Morgan fingerprint density at radius 2 is 1.72 bits per heavy atom. The van der Waals surface area contributed by atoms with E-state index in [1.807, 2.05) is 29.9 Å². The maximum atomic E-state index is 14.0. The minimum absolute atomic E-state index is 0.296. The molecule has 7 heteroatoms. The van der Waals surface area contributed by atoms with Gasteiger partial charge < -0.3 is 15.1 Å². The lowest BCUT2D eigenvalue weighted by Gasteiger charge is -2.34. The number of nitrogens with zero attached hydrogens (tertiary/aromatic N) is 5. The highest BCUT2D eigenvalue weighted by molar-refractivity contribution is 6.11. The zero-order chi connectivity index (χ0) is 20.0. The first-order valence-electron chi connectivity index (χ1n) is 9.82. The third-order valence-corrected chi connectivity index (χ3v) is 5.56. The molecular weight excluding hydrogens is 367 g/mol. The number of hydrogen-bond acceptors (Lipinski definition) is 5. The summed E-state index contributed by atoms with van der Waals surface area (Å²) in [5.41, 5.74) is 4.39. The second kappa shape index (κ2) is 7.00. The minimum atomic E-state index is -0.296. The summed E-state index contributed by atoms with van der Waals surface area (Å²) < 4.78 is 15.9. The summed E-state index contributed by atoms with van der Waals surface area (Å²) in [5, 5.41) is 8.15. The predicted molar refractivity (Wildman–Crippen MR) is 114 cm³/mol. The number of halogens is 1. The topological polar surface area (TPSA) is 48.7 Å². The fraction of sp³-hybridized carbons (Fsp3) is 0.273. The van der Waals surface area contributed by atoms with E-state index in [4.69, 9.17) is 10.1 Å². The lowest BCUT2D eigenvalue weighted by Crippen LogP contribution is -2.47. The summed E-state index contributed by atoms with van der Waals surface area (Å²) in [6.45, 7) is 3.64. The summed E-state index contributed by atoms with van der Waals surface area (Å²) in [5.74, 6) is 1.29. The van der Waals surface area contributed by atoms with Gasteiger partial charge in [-0.15, -0.1) is 0 Å². The number of aryl methyl sites for hydroxylation is 1. The van der Waals surface area contributed by atoms with Crippen LogP contribution in [0.15, 0.2) is 53.5 Å². The fourth-order valence-electron chi connectivity index (χ4n) is 4.00. The molecule has 29 heavy (non-hydrogen) atoms. The Balaban J connectivity index is 1.73. The van der Waals surface area contributed by atoms with Gasteiger partial charge in [0.2, 0.25) is 0 Å². The van der Waals surface area contributed by atoms with Crippen molar-refractivity contribution in [3.8, 4) is 11.3 Å². The number of fused-ring (bicyclic) bond motifs is 2. The van der Waals surface area contributed by atoms with Gasteiger partial charge in [0, 0.05) is 44.9 Å². The number of hydrogen-bond donors (Lipinski definition) is 1. The molecule has 2 aromatic carbocycles. The van der Waals surface area contributed by atoms with E-state index in [0.29, 0.717) is 5.69 Å². The van der Waals surface area contributed by atoms with Crippen LogP contribution in [0.1, 0.15) is 5.56 Å². The van der Waals surface area contributed by atoms with Crippen LogP contribution in [-0.2, 0) is 7.05 Å². The lowest BCUT2D eigenvalue weighted by atomic mass is 10.1. The summed E-state index contributed by atoms with van der Waals surface area (Å²) in [6, 6.07) is 14.9. The van der Waals surface area contributed by atoms with E-state index in [1.54, 1.807) is 6.07 Å². The second-order valence-electron chi connectivity index (χ2n) is 7.57. The highest BCUT2D eigenvalue weighted by Gasteiger charge is 2.30. The Kier molecular flexibility index (Phi) is 4.32. The number of anilines is 2. The average molecular weight is 390 g/mol. The van der Waals surface area contributed by atoms with Crippen molar-refractivity contribution in [2.75, 3.05) is 38.5 Å². The van der Waals surface area contributed by atoms with Gasteiger partial charge in [0.1, 0.15) is 11.7 Å². The zero-order valence-electron chi connectivity index (χ0n) is 16.6. The van der Waals surface area contributed by atoms with Gasteiger partial charge >= 0.3 is 0 Å². The first-order valence-corrected chi connectivity index (χ1v) is 9.82. The molecule has 3 aromatic rings. The van der Waals surface area contributed by atoms with Gasteiger partial charge in [0.05, 0.1) is 22.6 Å². The molecule has 6 nitrogen and oxygen atoms in total. The van der Waals surface area contributed by atoms with Crippen LogP contribution >= 0.6 is 0 Å². The molecule has 1 fully saturated rings. The van der Waals surface area contributed by atoms with Crippen molar-refractivity contribution in [1.29, 1.82) is 0 Å². The Hall–Kier alpha value is -3.19. The molecule has 0 aliphatic carbocycles. The van der Waals surface area contributed by atoms with Crippen LogP contribution in [0, 0.1) is 5.82 Å². The molecule has 2 aliphatic rings. The highest BCUT2D eigenvalue weighted by Crippen LogP contribution is 2.39. The van der Waals surface area contributed by atoms with Gasteiger partial charge in [-0.05, 0) is 19.2 Å². The van der Waals surface area contributed by atoms with Crippen LogP contribution in [0.2, 0.25) is 0 Å². The molecule has 0 spiro atoms. The van der Waals surface area contributed by atoms with Crippen molar-refractivity contribution in [2.45, 2.75) is 0 Å². The Bertz CT molecular complexity index is 1080. The van der Waals surface area contributed by atoms with Gasteiger partial charge in [-0.1, -0.05) is 30.3 Å². The van der Waals surface area contributed by atoms with Crippen LogP contribution in [0.3, 0.4) is 0 Å². The molecule has 1 N–H and O–H groups in total. The van der Waals surface area contributed by atoms with Crippen LogP contribution in [0.25, 0.3) is 11.3 Å². The fourth-order valence-corrected chi connectivity index (χ4v) is 4.00. The van der Waals surface area contributed by atoms with Crippen LogP contribution in [-0.4, -0.2) is 58.6 Å². The highest BCUT2D eigenvalue weighted by atomic mass is 19.1. The van der Waals surface area contributed by atoms with Crippen molar-refractivity contribution in [1.82, 2.24) is 19.6 Å². The normalized spacial score (nSPS) is 16.5. The van der Waals surface area contributed by atoms with Crippen molar-refractivity contribution in [3.63, 3.8) is 0 Å². The van der Waals surface area contributed by atoms with E-state index in [1.165, 1.54) is 12.1 Å². The largest absolute Gasteiger partial charge is 0.353 e. The molecular formula is C22H23FN6. The second-order valence-corrected chi connectivity index (χ2v) is 7.57. The van der Waals surface area contributed by atoms with Crippen molar-refractivity contribution in [3.05, 3.63) is 59.9 Å². The number of likely N-dealkylation sites (N-methyl/N-ethyl adjacent to an activating group) is 1. The van der Waals surface area contributed by atoms with E-state index < -0.39 is 0 Å². The van der Waals surface area contributed by atoms with E-state index in [9.17, 15) is 4.39 Å². The number of aliphatic imine (C=N–C) groups is 1. The molecule has 1 aromatic heterocycles. The number of benzene rings is 2. The number of rotatable bonds is 1. The maximum absolute atomic E-state index is 14.0. The molecule has 3 heterocycles. The Morgan fingerprint density at radius 1 is 0.966 bits per heavy atom. The molecule has 0 atom stereocenters. The SMILES string of the molecule is CN1CCN(C2=Nc3cc(F)ccc3Nc3nn(C)c(-c4ccccc4)c32)CC1. The number of nitrogens with one attached hydrogen (secondary N) is 1. The molecule has 0 saturated carbocycles. The van der Waals surface area contributed by atoms with Gasteiger partial charge in [0.15, 0.2) is 5.82 Å². The van der Waals surface area contributed by atoms with Crippen molar-refractivity contribution >= 4 is 23.0 Å². The van der Waals surface area contributed by atoms with Crippen molar-refractivity contribution in [2.24, 2.45) is 12.0 Å². The monoisotopic (exact) mass is 390 g/mol. The van der Waals surface area contributed by atoms with E-state index >= 15 is 0 Å². The molecule has 1 saturated heterocycles. The van der Waals surface area contributed by atoms with Crippen LogP contribution < -0.4 is 5.32 Å². The molecule has 2 aliphatic heterocycles. The van der Waals surface area contributed by atoms with Crippen LogP contribution in [0.5, 0.6) is 0 Å². The first kappa shape index (κ1) is 17.9. The van der Waals surface area contributed by atoms with Gasteiger partial charge in [0.25, 0.3) is 0 Å². The maximum Gasteiger partial charge on any atom is 0.164 e. The van der Waals surface area contributed by atoms with Gasteiger partial charge in [-0.2, -0.15) is 5.10 Å². The third kappa shape index (κ3) is 3.17. The van der Waals surface area contributed by atoms with Crippen LogP contribution in [0.4, 0.5) is 21.6 Å². The molecule has 5 rings (SSSR count). The molecule has 0 unspecified atom stereocenters. The molecule has 0 amide bonds. The summed E-state index contributed by atoms with van der Waals surface area (Å²) >= 11 is 0. The number of amidine groups is 1. The molecule has 0 bridgehead atoms. The predicted octanol–water partition coefficient (Wildman–Crippen LogP) is 3.61. The Labute approximate surface area is 169 Å². The summed E-state index contributed by atoms with van der Waals surface area (Å²) in [4.78, 5) is 9.55. The zero-order valence-corrected chi connectivity index (χ0v) is 16.6. The molecule has 148 valence electrons.